The van der Waals surface area contributed by atoms with Crippen LogP contribution in [0.15, 0.2) is 54.2 Å². The van der Waals surface area contributed by atoms with Gasteiger partial charge >= 0.3 is 18.1 Å². The fraction of sp³-hybridized carbons (Fsp3) is 0.344. The molecule has 0 saturated carbocycles. The monoisotopic (exact) mass is 843 g/mol. The summed E-state index contributed by atoms with van der Waals surface area (Å²) in [6, 6.07) is 10.5. The number of hydrogen-bond donors (Lipinski definition) is 2. The molecule has 13 nitrogen and oxygen atoms in total. The van der Waals surface area contributed by atoms with Gasteiger partial charge in [0.2, 0.25) is 12.2 Å². The number of aryl methyl sites for hydroxylation is 1. The lowest BCUT2D eigenvalue weighted by molar-refractivity contribution is -0.676. The third-order valence-corrected chi connectivity index (χ3v) is 9.12. The number of ether oxygens (including phenoxy) is 2. The maximum atomic E-state index is 15.3. The van der Waals surface area contributed by atoms with Gasteiger partial charge in [0, 0.05) is 35.8 Å². The van der Waals surface area contributed by atoms with E-state index >= 15 is 4.39 Å². The van der Waals surface area contributed by atoms with Crippen molar-refractivity contribution in [3.05, 3.63) is 81.9 Å². The third kappa shape index (κ3) is 8.43. The number of rotatable bonds is 10. The molecule has 4 atom stereocenters. The van der Waals surface area contributed by atoms with Crippen LogP contribution >= 0.6 is 23.7 Å². The van der Waals surface area contributed by atoms with Crippen LogP contribution < -0.4 is 38.6 Å². The number of amides is 2. The van der Waals surface area contributed by atoms with E-state index in [0.717, 1.165) is 28.7 Å². The lowest BCUT2D eigenvalue weighted by Crippen LogP contribution is -3.00. The number of carbonyl (C=O) groups excluding carboxylic acids is 3. The van der Waals surface area contributed by atoms with Gasteiger partial charge in [0.25, 0.3) is 0 Å². The van der Waals surface area contributed by atoms with Crippen LogP contribution in [0.4, 0.5) is 13.6 Å². The van der Waals surface area contributed by atoms with Gasteiger partial charge in [-0.2, -0.15) is 5.26 Å². The molecular formula is C32H33ClF2IN7O6S. The summed E-state index contributed by atoms with van der Waals surface area (Å²) in [4.78, 5) is 43.0. The van der Waals surface area contributed by atoms with E-state index in [9.17, 15) is 23.9 Å². The average molecular weight is 844 g/mol. The Kier molecular flexibility index (Phi) is 13.5. The molecule has 0 spiro atoms. The van der Waals surface area contributed by atoms with Crippen LogP contribution in [0.25, 0.3) is 11.3 Å². The zero-order valence-electron chi connectivity index (χ0n) is 27.2. The highest BCUT2D eigenvalue weighted by Gasteiger charge is 2.46. The molecule has 2 N–H and O–H groups in total. The molecule has 0 aliphatic carbocycles. The second-order valence-electron chi connectivity index (χ2n) is 11.3. The Morgan fingerprint density at radius 1 is 1.26 bits per heavy atom. The number of nitriles is 1. The van der Waals surface area contributed by atoms with Crippen LogP contribution in [0.2, 0.25) is 0 Å². The van der Waals surface area contributed by atoms with E-state index in [0.29, 0.717) is 16.3 Å². The summed E-state index contributed by atoms with van der Waals surface area (Å²) in [5, 5.41) is 30.6. The topological polar surface area (TPSA) is 164 Å². The van der Waals surface area contributed by atoms with Crippen LogP contribution in [0.5, 0.6) is 6.01 Å². The zero-order chi connectivity index (χ0) is 34.7. The molecule has 1 fully saturated rings. The maximum absolute atomic E-state index is 15.3. The minimum atomic E-state index is -2.12. The summed E-state index contributed by atoms with van der Waals surface area (Å²) in [5.41, 5.74) is -0.686. The van der Waals surface area contributed by atoms with Crippen LogP contribution in [0.1, 0.15) is 48.7 Å². The molecule has 5 rings (SSSR count). The molecule has 50 heavy (non-hydrogen) atoms. The molecule has 2 aromatic carbocycles. The van der Waals surface area contributed by atoms with Crippen molar-refractivity contribution in [1.82, 2.24) is 25.0 Å². The van der Waals surface area contributed by atoms with Crippen molar-refractivity contribution < 1.29 is 66.3 Å². The first kappa shape index (κ1) is 40.3. The van der Waals surface area contributed by atoms with E-state index < -0.39 is 59.9 Å². The molecule has 18 heteroatoms. The number of thiazole rings is 1. The molecule has 2 amide bonds. The zero-order valence-corrected chi connectivity index (χ0v) is 31.0. The number of halogens is 4. The minimum Gasteiger partial charge on any atom is -1.00 e. The second kappa shape index (κ2) is 16.7. The number of carbonyl (C=O) groups is 3. The van der Waals surface area contributed by atoms with Crippen LogP contribution in [-0.4, -0.2) is 62.1 Å². The SMILES string of the molecule is CNC(OC(C)=O)[C@@H]1CCC(=O)N1C(=O)Oc1nn(C[C@](O)(c2cc(F)ccc2F)[C@@H](C)c2nc(-c3ccc(C#N)cc3)cs2)c[n+]1C.Cl.[I-]. The Morgan fingerprint density at radius 3 is 2.60 bits per heavy atom. The smallest absolute Gasteiger partial charge is 0.476 e. The van der Waals surface area contributed by atoms with Crippen LogP contribution in [0.3, 0.4) is 0 Å². The van der Waals surface area contributed by atoms with E-state index in [4.69, 9.17) is 14.7 Å². The van der Waals surface area contributed by atoms with E-state index in [-0.39, 0.29) is 60.8 Å². The molecule has 2 aromatic heterocycles. The Labute approximate surface area is 313 Å². The highest BCUT2D eigenvalue weighted by atomic mass is 127. The first-order valence-electron chi connectivity index (χ1n) is 14.8. The van der Waals surface area contributed by atoms with Crippen LogP contribution in [0, 0.1) is 23.0 Å². The maximum Gasteiger partial charge on any atom is 0.476 e. The highest BCUT2D eigenvalue weighted by molar-refractivity contribution is 7.10. The first-order chi connectivity index (χ1) is 22.8. The molecule has 0 radical (unpaired) electrons. The van der Waals surface area contributed by atoms with Crippen molar-refractivity contribution in [1.29, 1.82) is 5.26 Å². The molecule has 266 valence electrons. The molecule has 4 aromatic rings. The fourth-order valence-electron chi connectivity index (χ4n) is 5.56. The lowest BCUT2D eigenvalue weighted by Gasteiger charge is -2.32. The summed E-state index contributed by atoms with van der Waals surface area (Å²) in [7, 11) is 3.02. The Hall–Kier alpha value is -4.09. The minimum absolute atomic E-state index is 0. The number of nitrogens with one attached hydrogen (secondary N) is 1. The lowest BCUT2D eigenvalue weighted by atomic mass is 9.82. The summed E-state index contributed by atoms with van der Waals surface area (Å²) < 4.78 is 43.0. The molecule has 1 aliphatic rings. The van der Waals surface area contributed by atoms with E-state index in [1.807, 2.05) is 0 Å². The largest absolute Gasteiger partial charge is 1.00 e. The first-order valence-corrected chi connectivity index (χ1v) is 15.7. The number of imide groups is 1. The summed E-state index contributed by atoms with van der Waals surface area (Å²) in [5.74, 6) is -3.68. The van der Waals surface area contributed by atoms with E-state index in [1.165, 1.54) is 47.9 Å². The number of esters is 1. The molecular weight excluding hydrogens is 811 g/mol. The summed E-state index contributed by atoms with van der Waals surface area (Å²) >= 11 is 1.21. The second-order valence-corrected chi connectivity index (χ2v) is 12.2. The van der Waals surface area contributed by atoms with Gasteiger partial charge in [-0.25, -0.2) is 28.0 Å². The van der Waals surface area contributed by atoms with Crippen molar-refractivity contribution >= 4 is 41.7 Å². The normalized spacial score (nSPS) is 16.3. The number of aromatic nitrogens is 4. The molecule has 1 unspecified atom stereocenters. The van der Waals surface area contributed by atoms with Crippen molar-refractivity contribution in [3.63, 3.8) is 0 Å². The molecule has 1 aliphatic heterocycles. The van der Waals surface area contributed by atoms with E-state index in [2.05, 4.69) is 21.5 Å². The predicted octanol–water partition coefficient (Wildman–Crippen LogP) is 0.697. The standard InChI is InChI=1S/C32H32F2N7O6S.ClH.HI/c1-18(29-37-25(15-48-29)21-7-5-20(14-35)6-8-21)32(45,23-13-22(33)9-10-24(23)34)16-40-17-39(4)30(38-40)47-31(44)41-26(11-12-27(41)43)28(36-3)46-19(2)42;;/h5-10,13,15,17-18,26,28,36,45H,11-12,16H2,1-4H3;2*1H/q+1;;/p-1/t18-,26-,28?,32+;;/m0../s1. The average Bonchev–Trinajstić information content (AvgIpc) is 3.79. The Bertz CT molecular complexity index is 1910. The number of benzene rings is 2. The number of likely N-dealkylation sites (N-methyl/N-ethyl adjacent to an activating group) is 1. The molecule has 3 heterocycles. The number of nitrogens with zero attached hydrogens (tertiary/aromatic N) is 6. The van der Waals surface area contributed by atoms with Crippen molar-refractivity contribution in [2.75, 3.05) is 7.05 Å². The summed E-state index contributed by atoms with van der Waals surface area (Å²) in [6.07, 6.45) is -0.406. The van der Waals surface area contributed by atoms with Gasteiger partial charge in [0.05, 0.1) is 40.5 Å². The van der Waals surface area contributed by atoms with Gasteiger partial charge in [-0.1, -0.05) is 19.1 Å². The fourth-order valence-corrected chi connectivity index (χ4v) is 6.53. The van der Waals surface area contributed by atoms with Crippen molar-refractivity contribution in [2.24, 2.45) is 7.05 Å². The van der Waals surface area contributed by atoms with Gasteiger partial charge in [-0.3, -0.25) is 14.9 Å². The third-order valence-electron chi connectivity index (χ3n) is 8.10. The quantitative estimate of drug-likeness (QED) is 0.101. The molecule has 0 bridgehead atoms. The van der Waals surface area contributed by atoms with Gasteiger partial charge in [0.15, 0.2) is 6.23 Å². The van der Waals surface area contributed by atoms with Gasteiger partial charge in [-0.15, -0.1) is 28.4 Å². The van der Waals surface area contributed by atoms with E-state index in [1.54, 1.807) is 36.6 Å². The van der Waals surface area contributed by atoms with Crippen molar-refractivity contribution in [3.8, 4) is 23.3 Å². The highest BCUT2D eigenvalue weighted by Crippen LogP contribution is 2.41. The van der Waals surface area contributed by atoms with Crippen LogP contribution in [-0.2, 0) is 33.5 Å². The Balaban J connectivity index is 0.00000338. The van der Waals surface area contributed by atoms with Gasteiger partial charge in [-0.05, 0) is 43.8 Å². The molecule has 1 saturated heterocycles. The summed E-state index contributed by atoms with van der Waals surface area (Å²) in [6.45, 7) is 2.40. The number of likely N-dealkylation sites (tertiary alicyclic amines) is 1. The number of hydrogen-bond acceptors (Lipinski definition) is 11. The van der Waals surface area contributed by atoms with Gasteiger partial charge in [0.1, 0.15) is 23.8 Å². The van der Waals surface area contributed by atoms with Crippen molar-refractivity contribution in [2.45, 2.75) is 57.0 Å². The Morgan fingerprint density at radius 2 is 1.96 bits per heavy atom. The predicted molar refractivity (Wildman–Crippen MR) is 172 cm³/mol. The number of aliphatic hydroxyl groups is 1. The van der Waals surface area contributed by atoms with Gasteiger partial charge < -0.3 is 38.6 Å².